The Balaban J connectivity index is 1.42. The summed E-state index contributed by atoms with van der Waals surface area (Å²) in [6, 6.07) is 3.81. The zero-order valence-electron chi connectivity index (χ0n) is 11.5. The molecular formula is C14H16N6O. The van der Waals surface area contributed by atoms with Crippen LogP contribution in [-0.2, 0) is 17.8 Å². The van der Waals surface area contributed by atoms with Gasteiger partial charge in [0.05, 0.1) is 0 Å². The fourth-order valence-corrected chi connectivity index (χ4v) is 2.11. The predicted molar refractivity (Wildman–Crippen MR) is 76.5 cm³/mol. The number of aryl methyl sites for hydroxylation is 1. The first-order valence-electron chi connectivity index (χ1n) is 6.83. The highest BCUT2D eigenvalue weighted by atomic mass is 16.1. The molecule has 7 heteroatoms. The van der Waals surface area contributed by atoms with Gasteiger partial charge in [-0.25, -0.2) is 9.50 Å². The van der Waals surface area contributed by atoms with Gasteiger partial charge >= 0.3 is 0 Å². The van der Waals surface area contributed by atoms with Crippen molar-refractivity contribution in [3.05, 3.63) is 48.8 Å². The monoisotopic (exact) mass is 284 g/mol. The van der Waals surface area contributed by atoms with Crippen LogP contribution in [0.1, 0.15) is 12.0 Å². The molecule has 7 nitrogen and oxygen atoms in total. The van der Waals surface area contributed by atoms with E-state index < -0.39 is 0 Å². The van der Waals surface area contributed by atoms with Crippen LogP contribution in [0.25, 0.3) is 5.78 Å². The maximum atomic E-state index is 11.7. The van der Waals surface area contributed by atoms with Crippen LogP contribution in [0.2, 0.25) is 0 Å². The quantitative estimate of drug-likeness (QED) is 0.675. The Morgan fingerprint density at radius 1 is 1.24 bits per heavy atom. The second kappa shape index (κ2) is 6.17. The largest absolute Gasteiger partial charge is 0.355 e. The second-order valence-electron chi connectivity index (χ2n) is 4.78. The minimum atomic E-state index is 0.0241. The van der Waals surface area contributed by atoms with Gasteiger partial charge in [-0.2, -0.15) is 10.1 Å². The molecule has 0 aromatic carbocycles. The average Bonchev–Trinajstić information content (AvgIpc) is 3.14. The normalized spacial score (nSPS) is 10.9. The van der Waals surface area contributed by atoms with Gasteiger partial charge in [0.1, 0.15) is 12.9 Å². The van der Waals surface area contributed by atoms with Crippen LogP contribution in [0.4, 0.5) is 0 Å². The van der Waals surface area contributed by atoms with Gasteiger partial charge in [0.2, 0.25) is 5.91 Å². The van der Waals surface area contributed by atoms with Crippen LogP contribution < -0.4 is 5.32 Å². The van der Waals surface area contributed by atoms with Gasteiger partial charge in [-0.3, -0.25) is 4.79 Å². The lowest BCUT2D eigenvalue weighted by molar-refractivity contribution is -0.121. The van der Waals surface area contributed by atoms with Gasteiger partial charge in [-0.1, -0.05) is 0 Å². The van der Waals surface area contributed by atoms with E-state index >= 15 is 0 Å². The highest BCUT2D eigenvalue weighted by Gasteiger charge is 2.02. The van der Waals surface area contributed by atoms with Gasteiger partial charge in [-0.15, -0.1) is 0 Å². The first-order chi connectivity index (χ1) is 10.3. The minimum absolute atomic E-state index is 0.0241. The van der Waals surface area contributed by atoms with Crippen LogP contribution >= 0.6 is 0 Å². The van der Waals surface area contributed by atoms with Crippen molar-refractivity contribution < 1.29 is 4.79 Å². The first kappa shape index (κ1) is 13.3. The zero-order chi connectivity index (χ0) is 14.5. The molecule has 3 rings (SSSR count). The average molecular weight is 284 g/mol. The maximum Gasteiger partial charge on any atom is 0.252 e. The molecule has 0 unspecified atom stereocenters. The molecule has 0 saturated heterocycles. The standard InChI is InChI=1S/C14H16N6O/c21-13(10-19-6-1-2-7-19)15-5-3-4-12-8-16-14-17-11-18-20(14)9-12/h1-2,6-9,11H,3-5,10H2,(H,15,21). The maximum absolute atomic E-state index is 11.7. The number of nitrogens with zero attached hydrogens (tertiary/aromatic N) is 5. The number of hydrogen-bond donors (Lipinski definition) is 1. The summed E-state index contributed by atoms with van der Waals surface area (Å²) in [5.74, 6) is 0.620. The van der Waals surface area contributed by atoms with Crippen molar-refractivity contribution >= 4 is 11.7 Å². The molecule has 0 atom stereocenters. The van der Waals surface area contributed by atoms with Gasteiger partial charge < -0.3 is 9.88 Å². The van der Waals surface area contributed by atoms with E-state index in [9.17, 15) is 4.79 Å². The number of rotatable bonds is 6. The van der Waals surface area contributed by atoms with E-state index in [2.05, 4.69) is 20.4 Å². The van der Waals surface area contributed by atoms with E-state index in [1.54, 1.807) is 10.7 Å². The van der Waals surface area contributed by atoms with E-state index in [0.717, 1.165) is 18.4 Å². The topological polar surface area (TPSA) is 77.1 Å². The summed E-state index contributed by atoms with van der Waals surface area (Å²) in [5, 5.41) is 6.96. The molecule has 108 valence electrons. The Hall–Kier alpha value is -2.70. The Labute approximate surface area is 121 Å². The van der Waals surface area contributed by atoms with Crippen molar-refractivity contribution in [2.75, 3.05) is 6.54 Å². The molecule has 0 bridgehead atoms. The zero-order valence-corrected chi connectivity index (χ0v) is 11.5. The Kier molecular flexibility index (Phi) is 3.90. The Morgan fingerprint density at radius 3 is 2.95 bits per heavy atom. The summed E-state index contributed by atoms with van der Waals surface area (Å²) >= 11 is 0. The predicted octanol–water partition coefficient (Wildman–Crippen LogP) is 0.675. The lowest BCUT2D eigenvalue weighted by Crippen LogP contribution is -2.28. The van der Waals surface area contributed by atoms with E-state index in [1.807, 2.05) is 35.3 Å². The van der Waals surface area contributed by atoms with E-state index in [1.165, 1.54) is 6.33 Å². The van der Waals surface area contributed by atoms with E-state index in [0.29, 0.717) is 18.9 Å². The summed E-state index contributed by atoms with van der Waals surface area (Å²) in [5.41, 5.74) is 1.08. The molecule has 0 radical (unpaired) electrons. The van der Waals surface area contributed by atoms with Crippen molar-refractivity contribution in [1.82, 2.24) is 29.5 Å². The molecule has 3 aromatic heterocycles. The van der Waals surface area contributed by atoms with Gasteiger partial charge in [0, 0.05) is 31.3 Å². The molecule has 0 spiro atoms. The first-order valence-corrected chi connectivity index (χ1v) is 6.83. The molecule has 21 heavy (non-hydrogen) atoms. The van der Waals surface area contributed by atoms with Crippen molar-refractivity contribution in [2.24, 2.45) is 0 Å². The summed E-state index contributed by atoms with van der Waals surface area (Å²) < 4.78 is 3.50. The SMILES string of the molecule is O=C(Cn1cccc1)NCCCc1cnc2ncnn2c1. The highest BCUT2D eigenvalue weighted by Crippen LogP contribution is 2.02. The van der Waals surface area contributed by atoms with Gasteiger partial charge in [-0.05, 0) is 30.5 Å². The summed E-state index contributed by atoms with van der Waals surface area (Å²) in [4.78, 5) is 19.9. The van der Waals surface area contributed by atoms with Crippen molar-refractivity contribution in [3.63, 3.8) is 0 Å². The summed E-state index contributed by atoms with van der Waals surface area (Å²) in [7, 11) is 0. The van der Waals surface area contributed by atoms with E-state index in [4.69, 9.17) is 0 Å². The van der Waals surface area contributed by atoms with Crippen molar-refractivity contribution in [1.29, 1.82) is 0 Å². The number of amides is 1. The van der Waals surface area contributed by atoms with Crippen molar-refractivity contribution in [3.8, 4) is 0 Å². The number of aromatic nitrogens is 5. The Bertz CT molecular complexity index is 718. The Morgan fingerprint density at radius 2 is 2.10 bits per heavy atom. The lowest BCUT2D eigenvalue weighted by Gasteiger charge is -2.06. The van der Waals surface area contributed by atoms with E-state index in [-0.39, 0.29) is 5.91 Å². The van der Waals surface area contributed by atoms with Crippen LogP contribution in [0.5, 0.6) is 0 Å². The number of hydrogen-bond acceptors (Lipinski definition) is 4. The molecule has 3 aromatic rings. The lowest BCUT2D eigenvalue weighted by atomic mass is 10.2. The fourth-order valence-electron chi connectivity index (χ4n) is 2.11. The molecule has 0 aliphatic heterocycles. The molecule has 0 fully saturated rings. The molecule has 0 saturated carbocycles. The molecule has 1 amide bonds. The third-order valence-electron chi connectivity index (χ3n) is 3.14. The van der Waals surface area contributed by atoms with Crippen LogP contribution in [0.3, 0.4) is 0 Å². The third kappa shape index (κ3) is 3.44. The van der Waals surface area contributed by atoms with Gasteiger partial charge in [0.25, 0.3) is 5.78 Å². The minimum Gasteiger partial charge on any atom is -0.355 e. The summed E-state index contributed by atoms with van der Waals surface area (Å²) in [6.07, 6.45) is 10.6. The summed E-state index contributed by atoms with van der Waals surface area (Å²) in [6.45, 7) is 1.01. The number of carbonyl (C=O) groups excluding carboxylic acids is 1. The number of fused-ring (bicyclic) bond motifs is 1. The number of carbonyl (C=O) groups is 1. The van der Waals surface area contributed by atoms with Crippen molar-refractivity contribution in [2.45, 2.75) is 19.4 Å². The molecular weight excluding hydrogens is 268 g/mol. The molecule has 3 heterocycles. The highest BCUT2D eigenvalue weighted by molar-refractivity contribution is 5.75. The number of nitrogens with one attached hydrogen (secondary N) is 1. The smallest absolute Gasteiger partial charge is 0.252 e. The fraction of sp³-hybridized carbons (Fsp3) is 0.286. The molecule has 1 N–H and O–H groups in total. The third-order valence-corrected chi connectivity index (χ3v) is 3.14. The van der Waals surface area contributed by atoms with Gasteiger partial charge in [0.15, 0.2) is 0 Å². The van der Waals surface area contributed by atoms with Crippen LogP contribution in [-0.4, -0.2) is 36.6 Å². The van der Waals surface area contributed by atoms with Crippen LogP contribution in [0.15, 0.2) is 43.2 Å². The molecule has 0 aliphatic rings. The second-order valence-corrected chi connectivity index (χ2v) is 4.78. The molecule has 0 aliphatic carbocycles. The van der Waals surface area contributed by atoms with Crippen LogP contribution in [0, 0.1) is 0 Å².